The molecule has 0 spiro atoms. The van der Waals surface area contributed by atoms with Crippen molar-refractivity contribution in [2.45, 2.75) is 177 Å². The van der Waals surface area contributed by atoms with E-state index in [1.807, 2.05) is 152 Å². The van der Waals surface area contributed by atoms with Crippen molar-refractivity contribution < 1.29 is 76.0 Å². The first-order valence-corrected chi connectivity index (χ1v) is 35.2. The highest BCUT2D eigenvalue weighted by Crippen LogP contribution is 2.35. The zero-order valence-electron chi connectivity index (χ0n) is 60.1. The fraction of sp³-hybridized carbons (Fsp3) is 0.386. The Bertz CT molecular complexity index is 3600. The average molecular weight is 1380 g/mol. The summed E-state index contributed by atoms with van der Waals surface area (Å²) in [5.74, 6) is 5.82. The number of hydrogen-bond acceptors (Lipinski definition) is 16. The molecule has 0 fully saturated rings. The molecule has 2 atom stereocenters. The zero-order valence-corrected chi connectivity index (χ0v) is 60.1. The van der Waals surface area contributed by atoms with E-state index in [1.165, 1.54) is 14.0 Å². The van der Waals surface area contributed by atoms with Crippen molar-refractivity contribution in [1.82, 2.24) is 10.6 Å². The Hall–Kier alpha value is -10.2. The Morgan fingerprint density at radius 3 is 1.02 bits per heavy atom. The van der Waals surface area contributed by atoms with Crippen LogP contribution in [0.2, 0.25) is 0 Å². The summed E-state index contributed by atoms with van der Waals surface area (Å²) in [5, 5.41) is 5.29. The van der Waals surface area contributed by atoms with Crippen molar-refractivity contribution in [3.05, 3.63) is 220 Å². The van der Waals surface area contributed by atoms with Gasteiger partial charge in [0.2, 0.25) is 5.91 Å². The van der Waals surface area contributed by atoms with Gasteiger partial charge in [-0.05, 0) is 195 Å². The van der Waals surface area contributed by atoms with Gasteiger partial charge in [-0.3, -0.25) is 4.79 Å². The van der Waals surface area contributed by atoms with Gasteiger partial charge in [-0.25, -0.2) is 9.59 Å². The monoisotopic (exact) mass is 1380 g/mol. The van der Waals surface area contributed by atoms with Gasteiger partial charge in [0.05, 0.1) is 33.5 Å². The third-order valence-corrected chi connectivity index (χ3v) is 15.8. The van der Waals surface area contributed by atoms with Crippen LogP contribution in [0.25, 0.3) is 0 Å². The molecule has 2 amide bonds. The summed E-state index contributed by atoms with van der Waals surface area (Å²) in [6.45, 7) is 19.5. The summed E-state index contributed by atoms with van der Waals surface area (Å²) in [5.41, 5.74) is 6.14. The van der Waals surface area contributed by atoms with E-state index in [0.29, 0.717) is 85.5 Å². The predicted molar refractivity (Wildman–Crippen MR) is 390 cm³/mol. The second-order valence-electron chi connectivity index (χ2n) is 25.6. The number of hydrogen-bond donors (Lipinski definition) is 2. The number of methoxy groups -OCH3 is 1. The first-order chi connectivity index (χ1) is 49.0. The van der Waals surface area contributed by atoms with E-state index in [-0.39, 0.29) is 39.5 Å². The molecule has 18 nitrogen and oxygen atoms in total. The Morgan fingerprint density at radius 1 is 0.347 bits per heavy atom. The summed E-state index contributed by atoms with van der Waals surface area (Å²) in [6.07, 6.45) is 7.45. The van der Waals surface area contributed by atoms with E-state index in [4.69, 9.17) is 61.6 Å². The molecule has 0 radical (unpaired) electrons. The zero-order chi connectivity index (χ0) is 71.6. The minimum absolute atomic E-state index is 0.0750. The maximum atomic E-state index is 13.5. The Kier molecular flexibility index (Phi) is 30.9. The van der Waals surface area contributed by atoms with E-state index in [0.717, 1.165) is 113 Å². The maximum Gasteiger partial charge on any atom is 0.408 e. The van der Waals surface area contributed by atoms with Gasteiger partial charge in [0.1, 0.15) is 104 Å². The summed E-state index contributed by atoms with van der Waals surface area (Å²) in [4.78, 5) is 38.7. The van der Waals surface area contributed by atoms with Crippen LogP contribution in [0.15, 0.2) is 176 Å². The van der Waals surface area contributed by atoms with Crippen molar-refractivity contribution >= 4 is 18.0 Å². The number of amides is 2. The molecule has 0 heterocycles. The standard InChI is InChI=1S/C83H100N2O16/c1-10-14-42-90-68-32-20-61(21-33-68)52-97-76-40-28-65(49-78(76)99-54-63-24-36-70(37-25-63)92-44-16-12-3)56-95-73-46-67(58-94-72-30-18-60(19-31-72)48-75(85-82(88)101-83(6,7)8)80(86)84-59(5)81(87)89-9)47-74(51-73)96-57-66-29-41-77(98-53-62-22-34-69(35-23-62)91-43-15-11-2)79(50-66)100-55-64-26-38-71(39-27-64)93-45-17-13-4/h18-41,46-47,49-51,59,75H,10-17,42-45,48,52-58H2,1-9H3,(H,84,86)(H,85,88). The van der Waals surface area contributed by atoms with E-state index in [2.05, 4.69) is 38.3 Å². The van der Waals surface area contributed by atoms with Gasteiger partial charge in [-0.1, -0.05) is 126 Å². The van der Waals surface area contributed by atoms with Crippen molar-refractivity contribution in [3.8, 4) is 63.2 Å². The summed E-state index contributed by atoms with van der Waals surface area (Å²) in [6, 6.07) is 54.1. The second-order valence-corrected chi connectivity index (χ2v) is 25.6. The lowest BCUT2D eigenvalue weighted by molar-refractivity contribution is -0.144. The van der Waals surface area contributed by atoms with Crippen LogP contribution in [0.4, 0.5) is 4.79 Å². The molecule has 0 saturated carbocycles. The third kappa shape index (κ3) is 27.1. The van der Waals surface area contributed by atoms with Gasteiger partial charge in [0.25, 0.3) is 0 Å². The normalized spacial score (nSPS) is 11.7. The minimum atomic E-state index is -1.09. The van der Waals surface area contributed by atoms with Crippen molar-refractivity contribution in [2.24, 2.45) is 0 Å². The number of alkyl carbamates (subject to hydrolysis) is 1. The summed E-state index contributed by atoms with van der Waals surface area (Å²) >= 11 is 0. The predicted octanol–water partition coefficient (Wildman–Crippen LogP) is 17.6. The topological polar surface area (TPSA) is 195 Å². The summed E-state index contributed by atoms with van der Waals surface area (Å²) in [7, 11) is 1.23. The summed E-state index contributed by atoms with van der Waals surface area (Å²) < 4.78 is 79.8. The van der Waals surface area contributed by atoms with Gasteiger partial charge in [-0.2, -0.15) is 0 Å². The van der Waals surface area contributed by atoms with E-state index in [9.17, 15) is 14.4 Å². The van der Waals surface area contributed by atoms with Crippen LogP contribution < -0.4 is 62.7 Å². The number of ether oxygens (including phenoxy) is 13. The van der Waals surface area contributed by atoms with Crippen LogP contribution in [-0.4, -0.2) is 69.2 Å². The SMILES string of the molecule is CCCCOc1ccc(COc2ccc(COc3cc(COc4ccc(CC(NC(=O)OC(C)(C)C)C(=O)NC(C)C(=O)OC)cc4)cc(OCc4ccc(OCc5ccc(OCCCC)cc5)c(OCc5ccc(OCCCC)cc5)c4)c3)cc2OCc2ccc(OCCCC)cc2)cc1. The van der Waals surface area contributed by atoms with E-state index in [1.54, 1.807) is 45.0 Å². The molecule has 538 valence electrons. The average Bonchev–Trinajstić information content (AvgIpc) is 0.871. The Morgan fingerprint density at radius 2 is 0.663 bits per heavy atom. The lowest BCUT2D eigenvalue weighted by Gasteiger charge is -2.24. The molecule has 8 aromatic carbocycles. The van der Waals surface area contributed by atoms with Crippen molar-refractivity contribution in [1.29, 1.82) is 0 Å². The van der Waals surface area contributed by atoms with Crippen LogP contribution in [0, 0.1) is 0 Å². The van der Waals surface area contributed by atoms with Crippen LogP contribution in [-0.2, 0) is 71.7 Å². The van der Waals surface area contributed by atoms with E-state index < -0.39 is 35.7 Å². The van der Waals surface area contributed by atoms with Crippen LogP contribution >= 0.6 is 0 Å². The molecular weight excluding hydrogens is 1280 g/mol. The molecule has 0 aliphatic rings. The van der Waals surface area contributed by atoms with Gasteiger partial charge >= 0.3 is 12.1 Å². The largest absolute Gasteiger partial charge is 0.494 e. The Labute approximate surface area is 596 Å². The molecule has 0 bridgehead atoms. The number of rotatable bonds is 43. The van der Waals surface area contributed by atoms with Gasteiger partial charge in [0, 0.05) is 12.5 Å². The Balaban J connectivity index is 1.04. The van der Waals surface area contributed by atoms with Crippen molar-refractivity contribution in [2.75, 3.05) is 33.5 Å². The molecule has 0 aliphatic carbocycles. The quantitative estimate of drug-likeness (QED) is 0.0270. The minimum Gasteiger partial charge on any atom is -0.494 e. The lowest BCUT2D eigenvalue weighted by atomic mass is 10.0. The third-order valence-electron chi connectivity index (χ3n) is 15.8. The fourth-order valence-corrected chi connectivity index (χ4v) is 10.0. The van der Waals surface area contributed by atoms with E-state index >= 15 is 0 Å². The van der Waals surface area contributed by atoms with Crippen LogP contribution in [0.5, 0.6) is 63.2 Å². The molecule has 0 saturated heterocycles. The maximum absolute atomic E-state index is 13.5. The molecule has 0 aliphatic heterocycles. The molecule has 2 N–H and O–H groups in total. The molecule has 18 heteroatoms. The van der Waals surface area contributed by atoms with Crippen LogP contribution in [0.1, 0.15) is 151 Å². The molecular formula is C83H100N2O16. The molecule has 8 aromatic rings. The molecule has 2 unspecified atom stereocenters. The lowest BCUT2D eigenvalue weighted by Crippen LogP contribution is -2.52. The first kappa shape index (κ1) is 76.5. The van der Waals surface area contributed by atoms with Crippen LogP contribution in [0.3, 0.4) is 0 Å². The molecule has 8 rings (SSSR count). The van der Waals surface area contributed by atoms with Crippen molar-refractivity contribution in [3.63, 3.8) is 0 Å². The fourth-order valence-electron chi connectivity index (χ4n) is 10.0. The molecule has 101 heavy (non-hydrogen) atoms. The highest BCUT2D eigenvalue weighted by Gasteiger charge is 2.28. The smallest absolute Gasteiger partial charge is 0.408 e. The highest BCUT2D eigenvalue weighted by molar-refractivity contribution is 5.89. The number of esters is 1. The molecule has 0 aromatic heterocycles. The second kappa shape index (κ2) is 40.7. The number of carbonyl (C=O) groups excluding carboxylic acids is 3. The van der Waals surface area contributed by atoms with Gasteiger partial charge in [0.15, 0.2) is 23.0 Å². The number of benzene rings is 8. The highest BCUT2D eigenvalue weighted by atomic mass is 16.6. The number of carbonyl (C=O) groups is 3. The van der Waals surface area contributed by atoms with Gasteiger partial charge in [-0.15, -0.1) is 0 Å². The first-order valence-electron chi connectivity index (χ1n) is 35.2. The van der Waals surface area contributed by atoms with Gasteiger partial charge < -0.3 is 72.2 Å². The number of unbranched alkanes of at least 4 members (excludes halogenated alkanes) is 4. The number of nitrogens with one attached hydrogen (secondary N) is 2.